The number of carboxylic acid groups (broad SMARTS) is 1. The maximum atomic E-state index is 11.5. The summed E-state index contributed by atoms with van der Waals surface area (Å²) in [7, 11) is 0. The lowest BCUT2D eigenvalue weighted by atomic mass is 9.77. The second-order valence-electron chi connectivity index (χ2n) is 7.15. The standard InChI is InChI=1S/C17H33NO4S/c1-12(2)21-16(11-23-14(5)6)9-7-8-10-17(16,18-15(19)20)22-13(3)4/h12-14,18H,7-11H2,1-6H3,(H,19,20). The van der Waals surface area contributed by atoms with E-state index in [1.54, 1.807) is 11.8 Å². The Kier molecular flexibility index (Phi) is 7.68. The van der Waals surface area contributed by atoms with Gasteiger partial charge in [0, 0.05) is 5.75 Å². The van der Waals surface area contributed by atoms with Gasteiger partial charge in [-0.15, -0.1) is 0 Å². The van der Waals surface area contributed by atoms with Crippen LogP contribution in [0.2, 0.25) is 0 Å². The van der Waals surface area contributed by atoms with Crippen molar-refractivity contribution in [1.82, 2.24) is 5.32 Å². The van der Waals surface area contributed by atoms with Crippen LogP contribution in [0, 0.1) is 0 Å². The van der Waals surface area contributed by atoms with Crippen LogP contribution in [-0.2, 0) is 9.47 Å². The highest BCUT2D eigenvalue weighted by molar-refractivity contribution is 7.99. The number of hydrogen-bond donors (Lipinski definition) is 2. The summed E-state index contributed by atoms with van der Waals surface area (Å²) in [4.78, 5) is 11.5. The van der Waals surface area contributed by atoms with Gasteiger partial charge < -0.3 is 14.6 Å². The fourth-order valence-corrected chi connectivity index (χ4v) is 4.34. The number of hydrogen-bond acceptors (Lipinski definition) is 4. The summed E-state index contributed by atoms with van der Waals surface area (Å²) in [6, 6.07) is 0. The Hall–Kier alpha value is -0.460. The van der Waals surface area contributed by atoms with E-state index in [2.05, 4.69) is 19.2 Å². The zero-order valence-electron chi connectivity index (χ0n) is 15.3. The van der Waals surface area contributed by atoms with E-state index in [1.807, 2.05) is 27.7 Å². The van der Waals surface area contributed by atoms with Crippen LogP contribution in [0.4, 0.5) is 4.79 Å². The summed E-state index contributed by atoms with van der Waals surface area (Å²) in [6.07, 6.45) is 2.27. The highest BCUT2D eigenvalue weighted by Crippen LogP contribution is 2.45. The third-order valence-corrected chi connectivity index (χ3v) is 5.25. The molecule has 0 bridgehead atoms. The van der Waals surface area contributed by atoms with E-state index in [9.17, 15) is 9.90 Å². The first kappa shape index (κ1) is 20.6. The molecule has 0 aromatic carbocycles. The summed E-state index contributed by atoms with van der Waals surface area (Å²) in [6.45, 7) is 12.2. The zero-order valence-corrected chi connectivity index (χ0v) is 16.2. The van der Waals surface area contributed by atoms with Crippen LogP contribution in [0.5, 0.6) is 0 Å². The van der Waals surface area contributed by atoms with Gasteiger partial charge in [-0.05, 0) is 52.2 Å². The van der Waals surface area contributed by atoms with Crippen LogP contribution in [0.15, 0.2) is 0 Å². The fraction of sp³-hybridized carbons (Fsp3) is 0.941. The highest BCUT2D eigenvalue weighted by atomic mass is 32.2. The van der Waals surface area contributed by atoms with Crippen LogP contribution in [0.25, 0.3) is 0 Å². The second kappa shape index (κ2) is 8.58. The minimum atomic E-state index is -1.06. The molecule has 0 radical (unpaired) electrons. The van der Waals surface area contributed by atoms with E-state index >= 15 is 0 Å². The molecular formula is C17H33NO4S. The van der Waals surface area contributed by atoms with Crippen molar-refractivity contribution in [3.05, 3.63) is 0 Å². The number of thioether (sulfide) groups is 1. The Bertz CT molecular complexity index is 389. The van der Waals surface area contributed by atoms with E-state index in [1.165, 1.54) is 0 Å². The molecule has 1 fully saturated rings. The Morgan fingerprint density at radius 3 is 2.13 bits per heavy atom. The molecule has 136 valence electrons. The third kappa shape index (κ3) is 5.54. The van der Waals surface area contributed by atoms with Gasteiger partial charge in [-0.1, -0.05) is 20.3 Å². The number of rotatable bonds is 8. The molecule has 1 aliphatic carbocycles. The van der Waals surface area contributed by atoms with Gasteiger partial charge >= 0.3 is 6.09 Å². The van der Waals surface area contributed by atoms with Gasteiger partial charge in [0.25, 0.3) is 0 Å². The van der Waals surface area contributed by atoms with Crippen molar-refractivity contribution in [3.8, 4) is 0 Å². The molecule has 2 atom stereocenters. The Balaban J connectivity index is 3.25. The molecule has 1 aliphatic rings. The molecule has 1 saturated carbocycles. The van der Waals surface area contributed by atoms with Gasteiger partial charge in [0.1, 0.15) is 5.60 Å². The van der Waals surface area contributed by atoms with Gasteiger partial charge in [-0.25, -0.2) is 4.79 Å². The van der Waals surface area contributed by atoms with Crippen LogP contribution in [0.1, 0.15) is 67.2 Å². The normalized spacial score (nSPS) is 28.6. The number of ether oxygens (including phenoxy) is 2. The summed E-state index contributed by atoms with van der Waals surface area (Å²) in [5.74, 6) is 0.718. The second-order valence-corrected chi connectivity index (χ2v) is 8.72. The molecule has 0 heterocycles. The maximum absolute atomic E-state index is 11.5. The Morgan fingerprint density at radius 1 is 1.09 bits per heavy atom. The molecule has 5 nitrogen and oxygen atoms in total. The van der Waals surface area contributed by atoms with E-state index in [0.29, 0.717) is 11.7 Å². The van der Waals surface area contributed by atoms with Crippen molar-refractivity contribution < 1.29 is 19.4 Å². The van der Waals surface area contributed by atoms with Crippen LogP contribution in [0.3, 0.4) is 0 Å². The lowest BCUT2D eigenvalue weighted by Crippen LogP contribution is -2.70. The zero-order chi connectivity index (χ0) is 17.7. The topological polar surface area (TPSA) is 67.8 Å². The molecule has 23 heavy (non-hydrogen) atoms. The van der Waals surface area contributed by atoms with Crippen LogP contribution < -0.4 is 5.32 Å². The predicted octanol–water partition coefficient (Wildman–Crippen LogP) is 4.25. The molecule has 0 spiro atoms. The Labute approximate surface area is 144 Å². The van der Waals surface area contributed by atoms with Crippen molar-refractivity contribution in [1.29, 1.82) is 0 Å². The summed E-state index contributed by atoms with van der Waals surface area (Å²) < 4.78 is 12.6. The highest BCUT2D eigenvalue weighted by Gasteiger charge is 2.57. The van der Waals surface area contributed by atoms with E-state index in [-0.39, 0.29) is 12.2 Å². The maximum Gasteiger partial charge on any atom is 0.406 e. The third-order valence-electron chi connectivity index (χ3n) is 3.95. The molecule has 6 heteroatoms. The van der Waals surface area contributed by atoms with Gasteiger partial charge in [0.2, 0.25) is 0 Å². The first-order valence-electron chi connectivity index (χ1n) is 8.61. The predicted molar refractivity (Wildman–Crippen MR) is 95.1 cm³/mol. The van der Waals surface area contributed by atoms with Gasteiger partial charge in [0.05, 0.1) is 12.2 Å². The molecule has 0 aromatic heterocycles. The quantitative estimate of drug-likeness (QED) is 0.642. The average molecular weight is 348 g/mol. The van der Waals surface area contributed by atoms with Crippen molar-refractivity contribution >= 4 is 17.9 Å². The summed E-state index contributed by atoms with van der Waals surface area (Å²) >= 11 is 1.80. The molecule has 0 aliphatic heterocycles. The lowest BCUT2D eigenvalue weighted by Gasteiger charge is -2.53. The first-order chi connectivity index (χ1) is 10.6. The van der Waals surface area contributed by atoms with Crippen LogP contribution >= 0.6 is 11.8 Å². The smallest absolute Gasteiger partial charge is 0.406 e. The summed E-state index contributed by atoms with van der Waals surface area (Å²) in [5, 5.41) is 12.6. The van der Waals surface area contributed by atoms with Gasteiger partial charge in [0.15, 0.2) is 5.72 Å². The van der Waals surface area contributed by atoms with Crippen molar-refractivity contribution in [2.75, 3.05) is 5.75 Å². The minimum Gasteiger partial charge on any atom is -0.465 e. The summed E-state index contributed by atoms with van der Waals surface area (Å²) in [5.41, 5.74) is -1.63. The Morgan fingerprint density at radius 2 is 1.65 bits per heavy atom. The SMILES string of the molecule is CC(C)OC1(CSC(C)C)CCCCC1(NC(=O)O)OC(C)C. The first-order valence-corrected chi connectivity index (χ1v) is 9.66. The van der Waals surface area contributed by atoms with E-state index in [0.717, 1.165) is 25.0 Å². The molecule has 2 N–H and O–H groups in total. The fourth-order valence-electron chi connectivity index (χ4n) is 3.29. The molecular weight excluding hydrogens is 314 g/mol. The molecule has 2 unspecified atom stereocenters. The van der Waals surface area contributed by atoms with Crippen molar-refractivity contribution in [2.45, 2.75) is 96.0 Å². The number of carbonyl (C=O) groups is 1. The lowest BCUT2D eigenvalue weighted by molar-refractivity contribution is -0.252. The minimum absolute atomic E-state index is 0.00611. The molecule has 0 saturated heterocycles. The van der Waals surface area contributed by atoms with Crippen molar-refractivity contribution in [3.63, 3.8) is 0 Å². The number of nitrogens with one attached hydrogen (secondary N) is 1. The molecule has 1 amide bonds. The van der Waals surface area contributed by atoms with E-state index < -0.39 is 17.4 Å². The van der Waals surface area contributed by atoms with Crippen LogP contribution in [-0.4, -0.2) is 45.7 Å². The monoisotopic (exact) mass is 347 g/mol. The number of amides is 1. The van der Waals surface area contributed by atoms with Gasteiger partial charge in [-0.2, -0.15) is 11.8 Å². The van der Waals surface area contributed by atoms with Gasteiger partial charge in [-0.3, -0.25) is 5.32 Å². The largest absolute Gasteiger partial charge is 0.465 e. The molecule has 0 aromatic rings. The van der Waals surface area contributed by atoms with Crippen molar-refractivity contribution in [2.24, 2.45) is 0 Å². The average Bonchev–Trinajstić information content (AvgIpc) is 2.37. The molecule has 1 rings (SSSR count). The van der Waals surface area contributed by atoms with E-state index in [4.69, 9.17) is 9.47 Å².